The summed E-state index contributed by atoms with van der Waals surface area (Å²) in [6.45, 7) is 0. The summed E-state index contributed by atoms with van der Waals surface area (Å²) >= 11 is 0. The minimum atomic E-state index is -1.75. The summed E-state index contributed by atoms with van der Waals surface area (Å²) in [5.74, 6) is 0. The van der Waals surface area contributed by atoms with Crippen LogP contribution in [0.1, 0.15) is 0 Å². The Hall–Kier alpha value is -0.881. The van der Waals surface area contributed by atoms with Gasteiger partial charge in [-0.1, -0.05) is 0 Å². The molecule has 0 amide bonds. The van der Waals surface area contributed by atoms with Crippen LogP contribution in [-0.4, -0.2) is 15.3 Å². The molecule has 13 heavy (non-hydrogen) atoms. The van der Waals surface area contributed by atoms with Crippen LogP contribution in [0, 0.1) is 92.9 Å². The first-order valence-corrected chi connectivity index (χ1v) is 1.64. The number of hydrogen-bond acceptors (Lipinski definition) is 9. The monoisotopic (exact) mass is 360 g/mol. The standard InChI is InChI=1S/3NO3.Yb/c3*2-1(3)4;/q3*-1;+3. The van der Waals surface area contributed by atoms with Gasteiger partial charge in [-0.3, -0.25) is 0 Å². The molecular formula is N3O9Yb. The van der Waals surface area contributed by atoms with E-state index in [1.807, 2.05) is 0 Å². The Kier molecular flexibility index (Phi) is 30.2. The van der Waals surface area contributed by atoms with Crippen molar-refractivity contribution in [3.05, 3.63) is 46.0 Å². The van der Waals surface area contributed by atoms with Crippen molar-refractivity contribution in [2.45, 2.75) is 0 Å². The Morgan fingerprint density at radius 2 is 0.538 bits per heavy atom. The van der Waals surface area contributed by atoms with E-state index in [4.69, 9.17) is 46.0 Å². The van der Waals surface area contributed by atoms with Crippen molar-refractivity contribution in [3.8, 4) is 0 Å². The molecule has 12 nitrogen and oxygen atoms in total. The van der Waals surface area contributed by atoms with E-state index in [-0.39, 0.29) is 46.9 Å². The second kappa shape index (κ2) is 17.3. The third kappa shape index (κ3) is 1190. The minimum absolute atomic E-state index is 0. The van der Waals surface area contributed by atoms with Crippen molar-refractivity contribution in [2.24, 2.45) is 0 Å². The van der Waals surface area contributed by atoms with E-state index in [1.165, 1.54) is 0 Å². The summed E-state index contributed by atoms with van der Waals surface area (Å²) in [5.41, 5.74) is 0. The molecule has 0 aliphatic rings. The maximum atomic E-state index is 8.25. The third-order valence-corrected chi connectivity index (χ3v) is 0. The Labute approximate surface area is 107 Å². The zero-order valence-corrected chi connectivity index (χ0v) is 7.00. The first-order chi connectivity index (χ1) is 5.20. The van der Waals surface area contributed by atoms with E-state index < -0.39 is 15.3 Å². The van der Waals surface area contributed by atoms with Crippen molar-refractivity contribution < 1.29 is 62.2 Å². The summed E-state index contributed by atoms with van der Waals surface area (Å²) in [7, 11) is 0. The molecule has 1 radical (unpaired) electrons. The van der Waals surface area contributed by atoms with Gasteiger partial charge in [-0.2, -0.15) is 0 Å². The molecule has 0 spiro atoms. The van der Waals surface area contributed by atoms with Gasteiger partial charge in [-0.15, -0.1) is 0 Å². The van der Waals surface area contributed by atoms with E-state index in [2.05, 4.69) is 0 Å². The van der Waals surface area contributed by atoms with Gasteiger partial charge >= 0.3 is 46.9 Å². The summed E-state index contributed by atoms with van der Waals surface area (Å²) in [4.78, 5) is 24.8. The Morgan fingerprint density at radius 3 is 0.538 bits per heavy atom. The molecule has 13 heteroatoms. The first-order valence-electron chi connectivity index (χ1n) is 1.64. The Morgan fingerprint density at radius 1 is 0.538 bits per heavy atom. The topological polar surface area (TPSA) is 199 Å². The van der Waals surface area contributed by atoms with Gasteiger partial charge in [0.25, 0.3) is 0 Å². The Bertz CT molecular complexity index is 112. The van der Waals surface area contributed by atoms with E-state index in [0.29, 0.717) is 0 Å². The van der Waals surface area contributed by atoms with Crippen LogP contribution in [0.5, 0.6) is 0 Å². The van der Waals surface area contributed by atoms with Crippen molar-refractivity contribution in [3.63, 3.8) is 0 Å². The molecule has 0 saturated heterocycles. The molecule has 0 atom stereocenters. The second-order valence-corrected chi connectivity index (χ2v) is 0.671. The average Bonchev–Trinajstić information content (AvgIpc) is 1.54. The minimum Gasteiger partial charge on any atom is -0.356 e. The smallest absolute Gasteiger partial charge is 0.356 e. The van der Waals surface area contributed by atoms with Crippen LogP contribution in [0.4, 0.5) is 0 Å². The van der Waals surface area contributed by atoms with Crippen LogP contribution < -0.4 is 0 Å². The number of nitrogens with zero attached hydrogens (tertiary/aromatic N) is 3. The van der Waals surface area contributed by atoms with Crippen molar-refractivity contribution in [1.82, 2.24) is 0 Å². The van der Waals surface area contributed by atoms with E-state index in [0.717, 1.165) is 0 Å². The average molecular weight is 359 g/mol. The van der Waals surface area contributed by atoms with E-state index in [1.54, 1.807) is 0 Å². The van der Waals surface area contributed by atoms with Crippen LogP contribution in [0.3, 0.4) is 0 Å². The molecule has 0 N–H and O–H groups in total. The van der Waals surface area contributed by atoms with Crippen molar-refractivity contribution in [1.29, 1.82) is 0 Å². The van der Waals surface area contributed by atoms with Crippen LogP contribution in [0.25, 0.3) is 0 Å². The molecular weight excluding hydrogens is 359 g/mol. The SMILES string of the molecule is O=[N+]([O-])[O-].O=[N+]([O-])[O-].O=[N+]([O-])[O-].[Yb+3]. The molecule has 0 aliphatic carbocycles. The van der Waals surface area contributed by atoms with Gasteiger partial charge in [0, 0.05) is 0 Å². The van der Waals surface area contributed by atoms with Gasteiger partial charge in [0.2, 0.25) is 0 Å². The predicted molar refractivity (Wildman–Crippen MR) is 31.1 cm³/mol. The number of hydrogen-bond donors (Lipinski definition) is 0. The molecule has 0 aliphatic heterocycles. The molecule has 0 unspecified atom stereocenters. The van der Waals surface area contributed by atoms with E-state index in [9.17, 15) is 0 Å². The molecule has 0 bridgehead atoms. The van der Waals surface area contributed by atoms with Gasteiger partial charge in [-0.25, -0.2) is 0 Å². The van der Waals surface area contributed by atoms with Gasteiger partial charge in [0.15, 0.2) is 0 Å². The number of rotatable bonds is 0. The van der Waals surface area contributed by atoms with Gasteiger partial charge in [0.1, 0.15) is 0 Å². The van der Waals surface area contributed by atoms with E-state index >= 15 is 0 Å². The zero-order valence-electron chi connectivity index (χ0n) is 5.28. The molecule has 0 saturated carbocycles. The molecule has 0 aromatic carbocycles. The molecule has 83 valence electrons. The predicted octanol–water partition coefficient (Wildman–Crippen LogP) is -0.717. The van der Waals surface area contributed by atoms with Crippen LogP contribution >= 0.6 is 0 Å². The molecule has 0 heterocycles. The van der Waals surface area contributed by atoms with Crippen LogP contribution in [-0.2, 0) is 0 Å². The largest absolute Gasteiger partial charge is 3.00 e. The van der Waals surface area contributed by atoms with Gasteiger partial charge in [-0.05, 0) is 0 Å². The van der Waals surface area contributed by atoms with Crippen LogP contribution in [0.2, 0.25) is 0 Å². The molecule has 0 rings (SSSR count). The maximum absolute atomic E-state index is 8.25. The molecule has 0 aromatic heterocycles. The fourth-order valence-corrected chi connectivity index (χ4v) is 0. The fraction of sp³-hybridized carbons (Fsp3) is 0. The second-order valence-electron chi connectivity index (χ2n) is 0.671. The summed E-state index contributed by atoms with van der Waals surface area (Å²) in [5, 5.41) is 44.2. The van der Waals surface area contributed by atoms with Gasteiger partial charge < -0.3 is 46.0 Å². The fourth-order valence-electron chi connectivity index (χ4n) is 0. The summed E-state index contributed by atoms with van der Waals surface area (Å²) in [6.07, 6.45) is 0. The van der Waals surface area contributed by atoms with Crippen molar-refractivity contribution >= 4 is 0 Å². The third-order valence-electron chi connectivity index (χ3n) is 0. The molecule has 0 fully saturated rings. The Balaban J connectivity index is -0.0000000450. The molecule has 0 aromatic rings. The summed E-state index contributed by atoms with van der Waals surface area (Å²) < 4.78 is 0. The zero-order chi connectivity index (χ0) is 10.7. The summed E-state index contributed by atoms with van der Waals surface area (Å²) in [6, 6.07) is 0. The first kappa shape index (κ1) is 22.7. The van der Waals surface area contributed by atoms with Crippen LogP contribution in [0.15, 0.2) is 0 Å². The quantitative estimate of drug-likeness (QED) is 0.395. The van der Waals surface area contributed by atoms with Gasteiger partial charge in [0.05, 0.1) is 15.3 Å². The normalized spacial score (nSPS) is 5.54. The maximum Gasteiger partial charge on any atom is 3.00 e. The van der Waals surface area contributed by atoms with Crippen molar-refractivity contribution in [2.75, 3.05) is 0 Å².